The third-order valence-electron chi connectivity index (χ3n) is 9.88. The van der Waals surface area contributed by atoms with Crippen molar-refractivity contribution >= 4 is 41.4 Å². The number of hydrogen-bond donors (Lipinski definition) is 4. The van der Waals surface area contributed by atoms with E-state index in [9.17, 15) is 33.6 Å². The molecule has 3 unspecified atom stereocenters. The molecule has 0 bridgehead atoms. The van der Waals surface area contributed by atoms with Crippen molar-refractivity contribution in [2.24, 2.45) is 23.7 Å². The number of hydrogen-bond acceptors (Lipinski definition) is 8. The number of amides is 6. The van der Waals surface area contributed by atoms with Crippen LogP contribution in [0, 0.1) is 23.7 Å². The zero-order valence-electron chi connectivity index (χ0n) is 30.4. The molecule has 1 aromatic carbocycles. The fourth-order valence-electron chi connectivity index (χ4n) is 7.09. The van der Waals surface area contributed by atoms with Crippen LogP contribution in [0.2, 0.25) is 0 Å². The van der Waals surface area contributed by atoms with Crippen LogP contribution in [0.15, 0.2) is 30.3 Å². The number of rotatable bonds is 16. The number of nitrogens with zero attached hydrogens (tertiary/aromatic N) is 2. The number of ether oxygens (including phenoxy) is 1. The number of carbonyl (C=O) groups is 7. The molecule has 51 heavy (non-hydrogen) atoms. The molecule has 6 atom stereocenters. The number of likely N-dealkylation sites (N-methyl/N-ethyl adjacent to an activating group) is 1. The Kier molecular flexibility index (Phi) is 14.0. The molecular formula is C37H54N6O8. The number of Topliss-reactive ketones (excluding diaryl/α,β-unsaturated/α-hetero) is 1. The van der Waals surface area contributed by atoms with Crippen molar-refractivity contribution in [3.63, 3.8) is 0 Å². The minimum absolute atomic E-state index is 0.0776. The molecular weight excluding hydrogens is 656 g/mol. The molecule has 14 nitrogen and oxygen atoms in total. The van der Waals surface area contributed by atoms with Crippen molar-refractivity contribution in [3.05, 3.63) is 35.9 Å². The summed E-state index contributed by atoms with van der Waals surface area (Å²) in [5.41, 5.74) is 0.557. The van der Waals surface area contributed by atoms with Crippen molar-refractivity contribution in [3.8, 4) is 0 Å². The Morgan fingerprint density at radius 1 is 0.941 bits per heavy atom. The second-order valence-electron chi connectivity index (χ2n) is 14.6. The van der Waals surface area contributed by atoms with E-state index in [0.29, 0.717) is 18.5 Å². The Balaban J connectivity index is 1.39. The van der Waals surface area contributed by atoms with Crippen molar-refractivity contribution in [1.29, 1.82) is 0 Å². The summed E-state index contributed by atoms with van der Waals surface area (Å²) in [4.78, 5) is 95.5. The Bertz CT molecular complexity index is 1430. The predicted molar refractivity (Wildman–Crippen MR) is 188 cm³/mol. The minimum atomic E-state index is -1.18. The van der Waals surface area contributed by atoms with Gasteiger partial charge in [-0.1, -0.05) is 76.8 Å². The molecule has 6 amide bonds. The molecule has 1 heterocycles. The van der Waals surface area contributed by atoms with E-state index in [4.69, 9.17) is 4.74 Å². The lowest BCUT2D eigenvalue weighted by molar-refractivity contribution is -0.144. The van der Waals surface area contributed by atoms with E-state index >= 15 is 0 Å². The van der Waals surface area contributed by atoms with E-state index in [1.807, 2.05) is 20.8 Å². The lowest BCUT2D eigenvalue weighted by Crippen LogP contribution is -2.59. The number of nitrogens with one attached hydrogen (secondary N) is 4. The molecule has 14 heteroatoms. The van der Waals surface area contributed by atoms with Crippen LogP contribution in [-0.4, -0.2) is 103 Å². The Hall–Kier alpha value is -4.49. The summed E-state index contributed by atoms with van der Waals surface area (Å²) in [7, 11) is 3.13. The van der Waals surface area contributed by atoms with Crippen molar-refractivity contribution in [2.45, 2.75) is 96.3 Å². The van der Waals surface area contributed by atoms with Gasteiger partial charge in [-0.15, -0.1) is 0 Å². The molecule has 3 fully saturated rings. The molecule has 4 rings (SSSR count). The quantitative estimate of drug-likeness (QED) is 0.188. The average molecular weight is 711 g/mol. The van der Waals surface area contributed by atoms with Gasteiger partial charge in [-0.05, 0) is 54.9 Å². The molecule has 2 aliphatic carbocycles. The van der Waals surface area contributed by atoms with Crippen molar-refractivity contribution in [2.75, 3.05) is 33.8 Å². The summed E-state index contributed by atoms with van der Waals surface area (Å²) in [5, 5.41) is 10.5. The van der Waals surface area contributed by atoms with Crippen LogP contribution >= 0.6 is 0 Å². The predicted octanol–water partition coefficient (Wildman–Crippen LogP) is 2.08. The highest BCUT2D eigenvalue weighted by Gasteiger charge is 2.58. The monoisotopic (exact) mass is 710 g/mol. The van der Waals surface area contributed by atoms with E-state index in [2.05, 4.69) is 21.3 Å². The van der Waals surface area contributed by atoms with Crippen LogP contribution in [0.3, 0.4) is 0 Å². The van der Waals surface area contributed by atoms with Gasteiger partial charge in [0.15, 0.2) is 0 Å². The number of piperidine rings is 1. The van der Waals surface area contributed by atoms with Gasteiger partial charge in [0.1, 0.15) is 18.1 Å². The summed E-state index contributed by atoms with van der Waals surface area (Å²) in [6.07, 6.45) is 5.24. The maximum Gasteiger partial charge on any atom is 0.407 e. The smallest absolute Gasteiger partial charge is 0.407 e. The molecule has 4 N–H and O–H groups in total. The number of likely N-dealkylation sites (tertiary alicyclic amines) is 1. The molecule has 0 spiro atoms. The first-order chi connectivity index (χ1) is 24.3. The first-order valence-corrected chi connectivity index (χ1v) is 18.2. The standard InChI is InChI=1S/C37H54N6O8/c1-6-13-27(32(45)34(47)38-19-28(44)40-29(35(48)42(4)5)23-14-9-7-10-15-23)39-33(46)31-26-18-25(26)20-43(31)36(49)30(24-16-11-8-12-17-24)41-37(50)51-21-22(2)3/h7,9-10,14-15,22,24-27,29-31H,6,8,11-13,16-21H2,1-5H3,(H,38,47)(H,39,46)(H,40,44)(H,41,50)/t25-,26?,27-,29?,30+,31?/m1/s1. The van der Waals surface area contributed by atoms with Crippen LogP contribution in [0.4, 0.5) is 4.79 Å². The Labute approximate surface area is 300 Å². The Morgan fingerprint density at radius 2 is 1.63 bits per heavy atom. The fourth-order valence-corrected chi connectivity index (χ4v) is 7.09. The number of ketones is 1. The lowest BCUT2D eigenvalue weighted by atomic mass is 9.83. The van der Waals surface area contributed by atoms with Gasteiger partial charge in [-0.2, -0.15) is 0 Å². The maximum absolute atomic E-state index is 14.1. The second kappa shape index (κ2) is 18.1. The fraction of sp³-hybridized carbons (Fsp3) is 0.649. The molecule has 1 aromatic rings. The number of benzene rings is 1. The van der Waals surface area contributed by atoms with Crippen molar-refractivity contribution in [1.82, 2.24) is 31.1 Å². The van der Waals surface area contributed by atoms with Crippen LogP contribution in [0.5, 0.6) is 0 Å². The SMILES string of the molecule is CCC[C@@H](NC(=O)C1C2C[C@@H]2CN1C(=O)[C@@H](NC(=O)OCC(C)C)C1CCCCC1)C(=O)C(=O)NCC(=O)NC(C(=O)N(C)C)c1ccccc1. The van der Waals surface area contributed by atoms with E-state index in [1.165, 1.54) is 9.80 Å². The molecule has 0 radical (unpaired) electrons. The summed E-state index contributed by atoms with van der Waals surface area (Å²) in [5.74, 6) is -3.76. The van der Waals surface area contributed by atoms with Crippen LogP contribution < -0.4 is 21.3 Å². The summed E-state index contributed by atoms with van der Waals surface area (Å²) in [6, 6.07) is 4.81. The first-order valence-electron chi connectivity index (χ1n) is 18.2. The van der Waals surface area contributed by atoms with Gasteiger partial charge in [-0.25, -0.2) is 4.79 Å². The molecule has 1 saturated heterocycles. The summed E-state index contributed by atoms with van der Waals surface area (Å²) < 4.78 is 5.35. The topological polar surface area (TPSA) is 183 Å². The van der Waals surface area contributed by atoms with Crippen molar-refractivity contribution < 1.29 is 38.3 Å². The molecule has 0 aromatic heterocycles. The van der Waals surface area contributed by atoms with Gasteiger partial charge < -0.3 is 35.8 Å². The van der Waals surface area contributed by atoms with E-state index < -0.39 is 60.3 Å². The highest BCUT2D eigenvalue weighted by atomic mass is 16.5. The average Bonchev–Trinajstić information content (AvgIpc) is 3.78. The van der Waals surface area contributed by atoms with Gasteiger partial charge in [0.25, 0.3) is 5.91 Å². The minimum Gasteiger partial charge on any atom is -0.449 e. The van der Waals surface area contributed by atoms with Gasteiger partial charge in [-0.3, -0.25) is 28.8 Å². The largest absolute Gasteiger partial charge is 0.449 e. The van der Waals surface area contributed by atoms with E-state index in [1.54, 1.807) is 44.4 Å². The third kappa shape index (κ3) is 10.5. The van der Waals surface area contributed by atoms with Gasteiger partial charge in [0.2, 0.25) is 29.4 Å². The maximum atomic E-state index is 14.1. The normalized spacial score (nSPS) is 21.4. The number of fused-ring (bicyclic) bond motifs is 1. The van der Waals surface area contributed by atoms with Crippen LogP contribution in [0.1, 0.15) is 83.7 Å². The highest BCUT2D eigenvalue weighted by molar-refractivity contribution is 6.38. The molecule has 1 aliphatic heterocycles. The molecule has 2 saturated carbocycles. The van der Waals surface area contributed by atoms with Crippen LogP contribution in [0.25, 0.3) is 0 Å². The lowest BCUT2D eigenvalue weighted by Gasteiger charge is -2.35. The first kappa shape index (κ1) is 39.3. The zero-order chi connectivity index (χ0) is 37.2. The van der Waals surface area contributed by atoms with E-state index in [-0.39, 0.29) is 48.5 Å². The third-order valence-corrected chi connectivity index (χ3v) is 9.88. The van der Waals surface area contributed by atoms with Gasteiger partial charge in [0, 0.05) is 20.6 Å². The van der Waals surface area contributed by atoms with Crippen LogP contribution in [-0.2, 0) is 33.5 Å². The summed E-state index contributed by atoms with van der Waals surface area (Å²) >= 11 is 0. The highest BCUT2D eigenvalue weighted by Crippen LogP contribution is 2.50. The molecule has 3 aliphatic rings. The van der Waals surface area contributed by atoms with Gasteiger partial charge in [0.05, 0.1) is 19.2 Å². The zero-order valence-corrected chi connectivity index (χ0v) is 30.4. The van der Waals surface area contributed by atoms with Gasteiger partial charge >= 0.3 is 6.09 Å². The molecule has 280 valence electrons. The second-order valence-corrected chi connectivity index (χ2v) is 14.6. The number of alkyl carbamates (subject to hydrolysis) is 1. The van der Waals surface area contributed by atoms with E-state index in [0.717, 1.165) is 38.5 Å². The number of carbonyl (C=O) groups excluding carboxylic acids is 7. The summed E-state index contributed by atoms with van der Waals surface area (Å²) in [6.45, 7) is 5.68. The Morgan fingerprint density at radius 3 is 2.25 bits per heavy atom.